The van der Waals surface area contributed by atoms with E-state index in [1.165, 1.54) is 12.1 Å². The van der Waals surface area contributed by atoms with E-state index in [4.69, 9.17) is 5.73 Å². The molecule has 3 N–H and O–H groups in total. The summed E-state index contributed by atoms with van der Waals surface area (Å²) in [5, 5.41) is 10.8. The standard InChI is InChI=1S/C13H19N3O4S/c1-9-2-7-12(16(17)18)8-13(9)21(19,20)15-11-5-3-10(14)4-6-11/h2,7-8,10-11,15H,3-6,14H2,1H3. The first-order valence-electron chi connectivity index (χ1n) is 6.82. The lowest BCUT2D eigenvalue weighted by molar-refractivity contribution is -0.385. The number of non-ortho nitro benzene ring substituents is 1. The van der Waals surface area contributed by atoms with Crippen LogP contribution in [0.25, 0.3) is 0 Å². The van der Waals surface area contributed by atoms with Crippen molar-refractivity contribution in [2.45, 2.75) is 49.6 Å². The van der Waals surface area contributed by atoms with E-state index in [1.54, 1.807) is 6.92 Å². The summed E-state index contributed by atoms with van der Waals surface area (Å²) in [6.07, 6.45) is 2.94. The first-order chi connectivity index (χ1) is 9.79. The van der Waals surface area contributed by atoms with Crippen molar-refractivity contribution >= 4 is 15.7 Å². The Labute approximate surface area is 123 Å². The predicted molar refractivity (Wildman–Crippen MR) is 78.4 cm³/mol. The molecule has 0 aliphatic heterocycles. The number of nitrogens with two attached hydrogens (primary N) is 1. The van der Waals surface area contributed by atoms with Crippen LogP contribution in [0, 0.1) is 17.0 Å². The van der Waals surface area contributed by atoms with Gasteiger partial charge in [-0.15, -0.1) is 0 Å². The van der Waals surface area contributed by atoms with Crippen LogP contribution in [0.5, 0.6) is 0 Å². The Balaban J connectivity index is 2.23. The monoisotopic (exact) mass is 313 g/mol. The summed E-state index contributed by atoms with van der Waals surface area (Å²) < 4.78 is 27.5. The third-order valence-corrected chi connectivity index (χ3v) is 5.43. The van der Waals surface area contributed by atoms with Crippen molar-refractivity contribution in [1.29, 1.82) is 0 Å². The number of sulfonamides is 1. The van der Waals surface area contributed by atoms with E-state index in [0.717, 1.165) is 18.9 Å². The molecule has 2 rings (SSSR count). The van der Waals surface area contributed by atoms with E-state index in [2.05, 4.69) is 4.72 Å². The van der Waals surface area contributed by atoms with Crippen LogP contribution >= 0.6 is 0 Å². The van der Waals surface area contributed by atoms with E-state index >= 15 is 0 Å². The number of nitrogens with zero attached hydrogens (tertiary/aromatic N) is 1. The average molecular weight is 313 g/mol. The summed E-state index contributed by atoms with van der Waals surface area (Å²) in [6.45, 7) is 1.62. The van der Waals surface area contributed by atoms with Gasteiger partial charge < -0.3 is 5.73 Å². The molecule has 0 heterocycles. The summed E-state index contributed by atoms with van der Waals surface area (Å²) >= 11 is 0. The maximum absolute atomic E-state index is 12.4. The second-order valence-corrected chi connectivity index (χ2v) is 7.12. The molecular formula is C13H19N3O4S. The molecule has 1 aromatic rings. The summed E-state index contributed by atoms with van der Waals surface area (Å²) in [6, 6.07) is 3.82. The van der Waals surface area contributed by atoms with E-state index in [9.17, 15) is 18.5 Å². The fraction of sp³-hybridized carbons (Fsp3) is 0.538. The van der Waals surface area contributed by atoms with Crippen LogP contribution in [-0.4, -0.2) is 25.4 Å². The number of rotatable bonds is 4. The molecule has 1 saturated carbocycles. The smallest absolute Gasteiger partial charge is 0.270 e. The third kappa shape index (κ3) is 3.78. The highest BCUT2D eigenvalue weighted by molar-refractivity contribution is 7.89. The highest BCUT2D eigenvalue weighted by Gasteiger charge is 2.26. The van der Waals surface area contributed by atoms with Crippen molar-refractivity contribution in [3.63, 3.8) is 0 Å². The van der Waals surface area contributed by atoms with Gasteiger partial charge in [-0.25, -0.2) is 13.1 Å². The number of hydrogen-bond donors (Lipinski definition) is 2. The van der Waals surface area contributed by atoms with Gasteiger partial charge in [0.25, 0.3) is 5.69 Å². The Morgan fingerprint density at radius 3 is 2.48 bits per heavy atom. The van der Waals surface area contributed by atoms with Crippen LogP contribution in [0.2, 0.25) is 0 Å². The Hall–Kier alpha value is -1.51. The van der Waals surface area contributed by atoms with E-state index < -0.39 is 14.9 Å². The highest BCUT2D eigenvalue weighted by Crippen LogP contribution is 2.24. The molecule has 0 radical (unpaired) electrons. The minimum atomic E-state index is -3.76. The second kappa shape index (κ2) is 6.08. The van der Waals surface area contributed by atoms with Gasteiger partial charge in [0.2, 0.25) is 10.0 Å². The second-order valence-electron chi connectivity index (χ2n) is 5.44. The van der Waals surface area contributed by atoms with E-state index in [-0.39, 0.29) is 22.7 Å². The van der Waals surface area contributed by atoms with Crippen molar-refractivity contribution in [3.05, 3.63) is 33.9 Å². The lowest BCUT2D eigenvalue weighted by Gasteiger charge is -2.26. The lowest BCUT2D eigenvalue weighted by Crippen LogP contribution is -2.40. The molecule has 0 aromatic heterocycles. The van der Waals surface area contributed by atoms with Gasteiger partial charge in [-0.1, -0.05) is 6.07 Å². The largest absolute Gasteiger partial charge is 0.328 e. The Morgan fingerprint density at radius 1 is 1.29 bits per heavy atom. The number of benzene rings is 1. The van der Waals surface area contributed by atoms with Crippen LogP contribution in [0.4, 0.5) is 5.69 Å². The summed E-state index contributed by atoms with van der Waals surface area (Å²) in [7, 11) is -3.76. The normalized spacial score (nSPS) is 23.0. The van der Waals surface area contributed by atoms with Crippen LogP contribution in [0.3, 0.4) is 0 Å². The third-order valence-electron chi connectivity index (χ3n) is 3.77. The summed E-state index contributed by atoms with van der Waals surface area (Å²) in [5.41, 5.74) is 6.05. The number of nitro benzene ring substituents is 1. The van der Waals surface area contributed by atoms with Crippen molar-refractivity contribution in [3.8, 4) is 0 Å². The van der Waals surface area contributed by atoms with Crippen LogP contribution in [0.15, 0.2) is 23.1 Å². The minimum Gasteiger partial charge on any atom is -0.328 e. The molecule has 21 heavy (non-hydrogen) atoms. The molecule has 116 valence electrons. The van der Waals surface area contributed by atoms with Gasteiger partial charge in [0.1, 0.15) is 0 Å². The highest BCUT2D eigenvalue weighted by atomic mass is 32.2. The molecule has 1 aliphatic rings. The van der Waals surface area contributed by atoms with Gasteiger partial charge in [0.15, 0.2) is 0 Å². The van der Waals surface area contributed by atoms with Gasteiger partial charge >= 0.3 is 0 Å². The SMILES string of the molecule is Cc1ccc([N+](=O)[O-])cc1S(=O)(=O)NC1CCC(N)CC1. The van der Waals surface area contributed by atoms with Crippen LogP contribution in [-0.2, 0) is 10.0 Å². The Morgan fingerprint density at radius 2 is 1.90 bits per heavy atom. The Bertz CT molecular complexity index is 637. The molecule has 7 nitrogen and oxygen atoms in total. The topological polar surface area (TPSA) is 115 Å². The van der Waals surface area contributed by atoms with Crippen LogP contribution in [0.1, 0.15) is 31.2 Å². The van der Waals surface area contributed by atoms with Crippen molar-refractivity contribution < 1.29 is 13.3 Å². The van der Waals surface area contributed by atoms with Gasteiger partial charge in [-0.2, -0.15) is 0 Å². The van der Waals surface area contributed by atoms with Crippen molar-refractivity contribution in [2.24, 2.45) is 5.73 Å². The molecule has 1 aromatic carbocycles. The molecule has 0 amide bonds. The molecule has 1 aliphatic carbocycles. The lowest BCUT2D eigenvalue weighted by atomic mass is 9.93. The molecule has 8 heteroatoms. The molecular weight excluding hydrogens is 294 g/mol. The number of aryl methyl sites for hydroxylation is 1. The van der Waals surface area contributed by atoms with Gasteiger partial charge in [0.05, 0.1) is 9.82 Å². The molecule has 0 spiro atoms. The molecule has 0 atom stereocenters. The van der Waals surface area contributed by atoms with Crippen molar-refractivity contribution in [1.82, 2.24) is 4.72 Å². The van der Waals surface area contributed by atoms with Gasteiger partial charge in [-0.3, -0.25) is 10.1 Å². The van der Waals surface area contributed by atoms with Crippen LogP contribution < -0.4 is 10.5 Å². The van der Waals surface area contributed by atoms with Gasteiger partial charge in [-0.05, 0) is 38.2 Å². The van der Waals surface area contributed by atoms with Gasteiger partial charge in [0, 0.05) is 24.2 Å². The summed E-state index contributed by atoms with van der Waals surface area (Å²) in [5.74, 6) is 0. The predicted octanol–water partition coefficient (Wildman–Crippen LogP) is 1.45. The average Bonchev–Trinajstić information content (AvgIpc) is 2.41. The number of nitro groups is 1. The molecule has 0 saturated heterocycles. The first-order valence-corrected chi connectivity index (χ1v) is 8.31. The minimum absolute atomic E-state index is 0.0356. The Kier molecular flexibility index (Phi) is 4.60. The first kappa shape index (κ1) is 15.9. The maximum atomic E-state index is 12.4. The fourth-order valence-corrected chi connectivity index (χ4v) is 4.08. The molecule has 1 fully saturated rings. The number of nitrogens with one attached hydrogen (secondary N) is 1. The zero-order valence-electron chi connectivity index (χ0n) is 11.8. The zero-order chi connectivity index (χ0) is 15.6. The van der Waals surface area contributed by atoms with E-state index in [1.807, 2.05) is 0 Å². The van der Waals surface area contributed by atoms with Crippen molar-refractivity contribution in [2.75, 3.05) is 0 Å². The number of hydrogen-bond acceptors (Lipinski definition) is 5. The summed E-state index contributed by atoms with van der Waals surface area (Å²) in [4.78, 5) is 10.2. The maximum Gasteiger partial charge on any atom is 0.270 e. The fourth-order valence-electron chi connectivity index (χ4n) is 2.51. The quantitative estimate of drug-likeness (QED) is 0.645. The zero-order valence-corrected chi connectivity index (χ0v) is 12.6. The van der Waals surface area contributed by atoms with E-state index in [0.29, 0.717) is 18.4 Å². The molecule has 0 unspecified atom stereocenters. The molecule has 0 bridgehead atoms.